The van der Waals surface area contributed by atoms with Crippen LogP contribution >= 0.6 is 0 Å². The van der Waals surface area contributed by atoms with Crippen molar-refractivity contribution < 1.29 is 19.1 Å². The lowest BCUT2D eigenvalue weighted by Crippen LogP contribution is -2.34. The summed E-state index contributed by atoms with van der Waals surface area (Å²) < 4.78 is 10.6. The molecule has 5 heteroatoms. The van der Waals surface area contributed by atoms with Crippen LogP contribution in [0.3, 0.4) is 0 Å². The van der Waals surface area contributed by atoms with Crippen molar-refractivity contribution in [2.75, 3.05) is 19.8 Å². The summed E-state index contributed by atoms with van der Waals surface area (Å²) in [6.07, 6.45) is 2.94. The van der Waals surface area contributed by atoms with E-state index in [2.05, 4.69) is 17.4 Å². The summed E-state index contributed by atoms with van der Waals surface area (Å²) in [6.45, 7) is 0.933. The molecule has 0 spiro atoms. The molecule has 0 aromatic heterocycles. The lowest BCUT2D eigenvalue weighted by molar-refractivity contribution is -0.124. The van der Waals surface area contributed by atoms with Gasteiger partial charge in [0.2, 0.25) is 0 Å². The molecule has 1 saturated heterocycles. The van der Waals surface area contributed by atoms with Gasteiger partial charge in [-0.25, -0.2) is 4.79 Å². The fraction of sp³-hybridized carbons (Fsp3) is 0.333. The van der Waals surface area contributed by atoms with Gasteiger partial charge in [0.25, 0.3) is 5.91 Å². The number of nitrogens with one attached hydrogen (secondary N) is 1. The molecule has 0 radical (unpaired) electrons. The summed E-state index contributed by atoms with van der Waals surface area (Å²) in [4.78, 5) is 24.1. The van der Waals surface area contributed by atoms with Gasteiger partial charge in [0.05, 0.1) is 11.7 Å². The van der Waals surface area contributed by atoms with E-state index in [1.54, 1.807) is 6.07 Å². The number of hydrogen-bond acceptors (Lipinski definition) is 4. The van der Waals surface area contributed by atoms with Crippen molar-refractivity contribution in [3.8, 4) is 11.1 Å². The summed E-state index contributed by atoms with van der Waals surface area (Å²) in [7, 11) is 0. The standard InChI is InChI=1S/C21H21NO4/c23-20(22-12-17-5-3-9-25-17)13-26-21(24)16-8-7-15-10-14-4-1-2-6-18(14)19(15)11-16/h1-2,4,6-8,11,17H,3,5,9-10,12-13H2,(H,22,23)/t17-/m1/s1. The first kappa shape index (κ1) is 16.8. The smallest absolute Gasteiger partial charge is 0.338 e. The van der Waals surface area contributed by atoms with Gasteiger partial charge in [-0.05, 0) is 53.6 Å². The van der Waals surface area contributed by atoms with Crippen LogP contribution in [-0.2, 0) is 20.7 Å². The predicted molar refractivity (Wildman–Crippen MR) is 97.0 cm³/mol. The van der Waals surface area contributed by atoms with Gasteiger partial charge in [0.15, 0.2) is 6.61 Å². The summed E-state index contributed by atoms with van der Waals surface area (Å²) in [5.74, 6) is -0.787. The molecule has 1 aliphatic carbocycles. The van der Waals surface area contributed by atoms with E-state index in [4.69, 9.17) is 9.47 Å². The van der Waals surface area contributed by atoms with E-state index >= 15 is 0 Å². The summed E-state index contributed by atoms with van der Waals surface area (Å²) in [5, 5.41) is 2.74. The molecule has 4 rings (SSSR count). The zero-order valence-electron chi connectivity index (χ0n) is 14.5. The summed E-state index contributed by atoms with van der Waals surface area (Å²) >= 11 is 0. The van der Waals surface area contributed by atoms with Crippen molar-refractivity contribution in [1.29, 1.82) is 0 Å². The molecule has 1 amide bonds. The third-order valence-electron chi connectivity index (χ3n) is 4.92. The quantitative estimate of drug-likeness (QED) is 0.718. The Morgan fingerprint density at radius 1 is 1.12 bits per heavy atom. The molecular formula is C21H21NO4. The van der Waals surface area contributed by atoms with Gasteiger partial charge >= 0.3 is 5.97 Å². The second kappa shape index (κ2) is 7.30. The van der Waals surface area contributed by atoms with E-state index in [9.17, 15) is 9.59 Å². The molecule has 1 fully saturated rings. The van der Waals surface area contributed by atoms with Crippen molar-refractivity contribution in [2.24, 2.45) is 0 Å². The average Bonchev–Trinajstić information content (AvgIpc) is 3.31. The third kappa shape index (κ3) is 3.48. The Morgan fingerprint density at radius 3 is 2.81 bits per heavy atom. The number of benzene rings is 2. The van der Waals surface area contributed by atoms with Crippen LogP contribution < -0.4 is 5.32 Å². The minimum Gasteiger partial charge on any atom is -0.452 e. The number of carbonyl (C=O) groups is 2. The van der Waals surface area contributed by atoms with Gasteiger partial charge < -0.3 is 14.8 Å². The van der Waals surface area contributed by atoms with E-state index in [0.29, 0.717) is 12.1 Å². The zero-order chi connectivity index (χ0) is 17.9. The Morgan fingerprint density at radius 2 is 1.96 bits per heavy atom. The molecular weight excluding hydrogens is 330 g/mol. The van der Waals surface area contributed by atoms with E-state index in [0.717, 1.165) is 37.0 Å². The molecule has 26 heavy (non-hydrogen) atoms. The first-order chi connectivity index (χ1) is 12.7. The normalized spacial score (nSPS) is 17.5. The van der Waals surface area contributed by atoms with E-state index in [1.165, 1.54) is 11.1 Å². The Bertz CT molecular complexity index is 840. The minimum absolute atomic E-state index is 0.0754. The summed E-state index contributed by atoms with van der Waals surface area (Å²) in [5.41, 5.74) is 5.16. The number of rotatable bonds is 5. The molecule has 1 atom stereocenters. The molecule has 0 saturated carbocycles. The second-order valence-corrected chi connectivity index (χ2v) is 6.72. The molecule has 2 aromatic carbocycles. The maximum absolute atomic E-state index is 12.3. The van der Waals surface area contributed by atoms with Gasteiger partial charge in [-0.15, -0.1) is 0 Å². The van der Waals surface area contributed by atoms with E-state index < -0.39 is 5.97 Å². The highest BCUT2D eigenvalue weighted by molar-refractivity contribution is 5.94. The second-order valence-electron chi connectivity index (χ2n) is 6.72. The zero-order valence-corrected chi connectivity index (χ0v) is 14.5. The SMILES string of the molecule is O=C(COC(=O)c1ccc2c(c1)-c1ccccc1C2)NC[C@H]1CCCO1. The van der Waals surface area contributed by atoms with Crippen LogP contribution in [-0.4, -0.2) is 37.7 Å². The molecule has 1 heterocycles. The highest BCUT2D eigenvalue weighted by Crippen LogP contribution is 2.36. The Kier molecular flexibility index (Phi) is 4.71. The minimum atomic E-state index is -0.482. The monoisotopic (exact) mass is 351 g/mol. The topological polar surface area (TPSA) is 64.6 Å². The number of hydrogen-bond donors (Lipinski definition) is 1. The first-order valence-electron chi connectivity index (χ1n) is 8.97. The molecule has 2 aliphatic rings. The molecule has 2 aromatic rings. The maximum Gasteiger partial charge on any atom is 0.338 e. The number of amides is 1. The number of carbonyl (C=O) groups excluding carboxylic acids is 2. The fourth-order valence-electron chi connectivity index (χ4n) is 3.55. The van der Waals surface area contributed by atoms with Crippen molar-refractivity contribution in [3.63, 3.8) is 0 Å². The Labute approximate surface area is 152 Å². The van der Waals surface area contributed by atoms with E-state index in [1.807, 2.05) is 24.3 Å². The average molecular weight is 351 g/mol. The number of ether oxygens (including phenoxy) is 2. The highest BCUT2D eigenvalue weighted by atomic mass is 16.5. The maximum atomic E-state index is 12.3. The van der Waals surface area contributed by atoms with Gasteiger partial charge in [-0.1, -0.05) is 30.3 Å². The van der Waals surface area contributed by atoms with Crippen molar-refractivity contribution in [3.05, 3.63) is 59.2 Å². The Balaban J connectivity index is 1.35. The lowest BCUT2D eigenvalue weighted by atomic mass is 10.0. The van der Waals surface area contributed by atoms with Gasteiger partial charge in [0.1, 0.15) is 0 Å². The van der Waals surface area contributed by atoms with Crippen LogP contribution in [0, 0.1) is 0 Å². The Hall–Kier alpha value is -2.66. The molecule has 1 aliphatic heterocycles. The fourth-order valence-corrected chi connectivity index (χ4v) is 3.55. The van der Waals surface area contributed by atoms with Crippen molar-refractivity contribution in [2.45, 2.75) is 25.4 Å². The van der Waals surface area contributed by atoms with Crippen molar-refractivity contribution in [1.82, 2.24) is 5.32 Å². The lowest BCUT2D eigenvalue weighted by Gasteiger charge is -2.11. The van der Waals surface area contributed by atoms with Crippen LogP contribution in [0.4, 0.5) is 0 Å². The van der Waals surface area contributed by atoms with Gasteiger partial charge in [0, 0.05) is 13.2 Å². The first-order valence-corrected chi connectivity index (χ1v) is 8.97. The van der Waals surface area contributed by atoms with Crippen LogP contribution in [0.5, 0.6) is 0 Å². The largest absolute Gasteiger partial charge is 0.452 e. The van der Waals surface area contributed by atoms with Gasteiger partial charge in [-0.2, -0.15) is 0 Å². The highest BCUT2D eigenvalue weighted by Gasteiger charge is 2.21. The predicted octanol–water partition coefficient (Wildman–Crippen LogP) is 2.71. The molecule has 0 bridgehead atoms. The van der Waals surface area contributed by atoms with Gasteiger partial charge in [-0.3, -0.25) is 4.79 Å². The van der Waals surface area contributed by atoms with Crippen LogP contribution in [0.15, 0.2) is 42.5 Å². The third-order valence-corrected chi connectivity index (χ3v) is 4.92. The van der Waals surface area contributed by atoms with E-state index in [-0.39, 0.29) is 18.6 Å². The number of esters is 1. The molecule has 1 N–H and O–H groups in total. The van der Waals surface area contributed by atoms with Crippen LogP contribution in [0.1, 0.15) is 34.3 Å². The van der Waals surface area contributed by atoms with Crippen LogP contribution in [0.2, 0.25) is 0 Å². The molecule has 5 nitrogen and oxygen atoms in total. The van der Waals surface area contributed by atoms with Crippen LogP contribution in [0.25, 0.3) is 11.1 Å². The molecule has 134 valence electrons. The molecule has 0 unspecified atom stereocenters. The van der Waals surface area contributed by atoms with Crippen molar-refractivity contribution >= 4 is 11.9 Å². The summed E-state index contributed by atoms with van der Waals surface area (Å²) in [6, 6.07) is 13.8. The number of fused-ring (bicyclic) bond motifs is 3.